The van der Waals surface area contributed by atoms with Crippen LogP contribution in [0, 0.1) is 5.82 Å². The highest BCUT2D eigenvalue weighted by Crippen LogP contribution is 2.37. The van der Waals surface area contributed by atoms with Crippen LogP contribution >= 0.6 is 11.6 Å². The average Bonchev–Trinajstić information content (AvgIpc) is 2.76. The summed E-state index contributed by atoms with van der Waals surface area (Å²) in [4.78, 5) is 0. The molecule has 0 aromatic heterocycles. The van der Waals surface area contributed by atoms with Gasteiger partial charge in [0.25, 0.3) is 0 Å². The first kappa shape index (κ1) is 18.2. The maximum atomic E-state index is 12.9. The zero-order valence-corrected chi connectivity index (χ0v) is 15.6. The van der Waals surface area contributed by atoms with E-state index in [0.29, 0.717) is 17.4 Å². The first-order valence-electron chi connectivity index (χ1n) is 8.20. The third-order valence-electron chi connectivity index (χ3n) is 4.79. The molecule has 0 saturated carbocycles. The van der Waals surface area contributed by atoms with Crippen molar-refractivity contribution in [3.05, 3.63) is 58.9 Å². The Kier molecular flexibility index (Phi) is 4.84. The fraction of sp³-hybridized carbons (Fsp3) is 0.368. The lowest BCUT2D eigenvalue weighted by molar-refractivity contribution is 0.00578. The van der Waals surface area contributed by atoms with Gasteiger partial charge in [-0.3, -0.25) is 0 Å². The summed E-state index contributed by atoms with van der Waals surface area (Å²) >= 11 is 6.35. The van der Waals surface area contributed by atoms with Gasteiger partial charge in [0.1, 0.15) is 18.2 Å². The standard InChI is InChI=1S/C19H21BClFO3/c1-18(2)19(3,4)25-20(24-18)14-7-10-17(16(21)11-14)23-12-13-5-8-15(22)9-6-13/h5-11H,12H2,1-4H3. The molecular formula is C19H21BClFO3. The van der Waals surface area contributed by atoms with Gasteiger partial charge < -0.3 is 14.0 Å². The van der Waals surface area contributed by atoms with Crippen molar-refractivity contribution in [1.82, 2.24) is 0 Å². The maximum absolute atomic E-state index is 12.9. The van der Waals surface area contributed by atoms with Gasteiger partial charge in [-0.05, 0) is 63.0 Å². The Hall–Kier alpha value is -1.56. The second kappa shape index (κ2) is 6.63. The molecule has 0 unspecified atom stereocenters. The zero-order valence-electron chi connectivity index (χ0n) is 14.8. The van der Waals surface area contributed by atoms with Crippen molar-refractivity contribution < 1.29 is 18.4 Å². The van der Waals surface area contributed by atoms with Gasteiger partial charge in [-0.1, -0.05) is 29.8 Å². The molecule has 2 aromatic rings. The minimum atomic E-state index is -0.464. The summed E-state index contributed by atoms with van der Waals surface area (Å²) in [6.07, 6.45) is 0. The van der Waals surface area contributed by atoms with Crippen LogP contribution in [0.4, 0.5) is 4.39 Å². The summed E-state index contributed by atoms with van der Waals surface area (Å²) < 4.78 is 30.7. The lowest BCUT2D eigenvalue weighted by Crippen LogP contribution is -2.41. The topological polar surface area (TPSA) is 27.7 Å². The van der Waals surface area contributed by atoms with Gasteiger partial charge in [-0.15, -0.1) is 0 Å². The van der Waals surface area contributed by atoms with Gasteiger partial charge in [-0.2, -0.15) is 0 Å². The highest BCUT2D eigenvalue weighted by molar-refractivity contribution is 6.62. The van der Waals surface area contributed by atoms with Crippen molar-refractivity contribution >= 4 is 24.2 Å². The quantitative estimate of drug-likeness (QED) is 0.757. The van der Waals surface area contributed by atoms with Crippen LogP contribution in [0.15, 0.2) is 42.5 Å². The molecule has 0 bridgehead atoms. The Morgan fingerprint density at radius 1 is 1.00 bits per heavy atom. The van der Waals surface area contributed by atoms with Gasteiger partial charge in [0.15, 0.2) is 0 Å². The minimum Gasteiger partial charge on any atom is -0.487 e. The van der Waals surface area contributed by atoms with E-state index in [2.05, 4.69) is 0 Å². The number of rotatable bonds is 4. The molecule has 1 aliphatic rings. The Morgan fingerprint density at radius 2 is 1.60 bits per heavy atom. The van der Waals surface area contributed by atoms with Crippen molar-refractivity contribution in [2.45, 2.75) is 45.5 Å². The van der Waals surface area contributed by atoms with Crippen molar-refractivity contribution in [1.29, 1.82) is 0 Å². The second-order valence-electron chi connectivity index (χ2n) is 7.19. The molecule has 0 N–H and O–H groups in total. The minimum absolute atomic E-state index is 0.270. The first-order chi connectivity index (χ1) is 11.7. The van der Waals surface area contributed by atoms with Gasteiger partial charge >= 0.3 is 7.12 Å². The molecule has 3 nitrogen and oxygen atoms in total. The van der Waals surface area contributed by atoms with E-state index >= 15 is 0 Å². The molecule has 6 heteroatoms. The van der Waals surface area contributed by atoms with E-state index in [1.54, 1.807) is 24.3 Å². The van der Waals surface area contributed by atoms with E-state index < -0.39 is 18.3 Å². The van der Waals surface area contributed by atoms with Crippen molar-refractivity contribution in [2.75, 3.05) is 0 Å². The van der Waals surface area contributed by atoms with E-state index in [1.807, 2.05) is 33.8 Å². The number of hydrogen-bond acceptors (Lipinski definition) is 3. The Bertz CT molecular complexity index is 746. The van der Waals surface area contributed by atoms with Crippen molar-refractivity contribution in [2.24, 2.45) is 0 Å². The molecular weight excluding hydrogens is 341 g/mol. The number of halogens is 2. The molecule has 0 amide bonds. The number of hydrogen-bond donors (Lipinski definition) is 0. The van der Waals surface area contributed by atoms with Crippen LogP contribution in [0.1, 0.15) is 33.3 Å². The maximum Gasteiger partial charge on any atom is 0.494 e. The van der Waals surface area contributed by atoms with Gasteiger partial charge in [0, 0.05) is 0 Å². The van der Waals surface area contributed by atoms with E-state index in [1.165, 1.54) is 12.1 Å². The predicted octanol–water partition coefficient (Wildman–Crippen LogP) is 4.36. The van der Waals surface area contributed by atoms with Gasteiger partial charge in [-0.25, -0.2) is 4.39 Å². The summed E-state index contributed by atoms with van der Waals surface area (Å²) in [5.74, 6) is 0.291. The summed E-state index contributed by atoms with van der Waals surface area (Å²) in [7, 11) is -0.464. The van der Waals surface area contributed by atoms with E-state index in [-0.39, 0.29) is 5.82 Å². The lowest BCUT2D eigenvalue weighted by atomic mass is 9.79. The SMILES string of the molecule is CC1(C)OB(c2ccc(OCc3ccc(F)cc3)c(Cl)c2)OC1(C)C. The molecule has 3 rings (SSSR count). The van der Waals surface area contributed by atoms with Crippen LogP contribution in [0.3, 0.4) is 0 Å². The van der Waals surface area contributed by atoms with Crippen LogP contribution in [0.2, 0.25) is 5.02 Å². The van der Waals surface area contributed by atoms with E-state index in [4.69, 9.17) is 25.6 Å². The van der Waals surface area contributed by atoms with Gasteiger partial charge in [0.2, 0.25) is 0 Å². The summed E-state index contributed by atoms with van der Waals surface area (Å²) in [5.41, 5.74) is 0.911. The molecule has 2 aromatic carbocycles. The van der Waals surface area contributed by atoms with Crippen molar-refractivity contribution in [3.8, 4) is 5.75 Å². The van der Waals surface area contributed by atoms with Crippen LogP contribution < -0.4 is 10.2 Å². The molecule has 0 atom stereocenters. The monoisotopic (exact) mass is 362 g/mol. The van der Waals surface area contributed by atoms with Crippen LogP contribution in [0.5, 0.6) is 5.75 Å². The normalized spacial score (nSPS) is 18.4. The molecule has 0 aliphatic carbocycles. The molecule has 25 heavy (non-hydrogen) atoms. The lowest BCUT2D eigenvalue weighted by Gasteiger charge is -2.32. The first-order valence-corrected chi connectivity index (χ1v) is 8.58. The van der Waals surface area contributed by atoms with Crippen LogP contribution in [-0.4, -0.2) is 18.3 Å². The molecule has 1 saturated heterocycles. The number of ether oxygens (including phenoxy) is 1. The average molecular weight is 363 g/mol. The van der Waals surface area contributed by atoms with Crippen LogP contribution in [-0.2, 0) is 15.9 Å². The largest absolute Gasteiger partial charge is 0.494 e. The fourth-order valence-electron chi connectivity index (χ4n) is 2.50. The molecule has 1 heterocycles. The molecule has 132 valence electrons. The smallest absolute Gasteiger partial charge is 0.487 e. The van der Waals surface area contributed by atoms with Gasteiger partial charge in [0.05, 0.1) is 16.2 Å². The van der Waals surface area contributed by atoms with Crippen molar-refractivity contribution in [3.63, 3.8) is 0 Å². The molecule has 0 spiro atoms. The second-order valence-corrected chi connectivity index (χ2v) is 7.60. The highest BCUT2D eigenvalue weighted by atomic mass is 35.5. The third kappa shape index (κ3) is 3.84. The molecule has 0 radical (unpaired) electrons. The Balaban J connectivity index is 1.70. The van der Waals surface area contributed by atoms with Crippen LogP contribution in [0.25, 0.3) is 0 Å². The summed E-state index contributed by atoms with van der Waals surface area (Å²) in [6, 6.07) is 11.7. The molecule has 1 fully saturated rings. The molecule has 1 aliphatic heterocycles. The Labute approximate surface area is 153 Å². The third-order valence-corrected chi connectivity index (χ3v) is 5.08. The zero-order chi connectivity index (χ0) is 18.2. The van der Waals surface area contributed by atoms with E-state index in [0.717, 1.165) is 11.0 Å². The summed E-state index contributed by atoms with van der Waals surface area (Å²) in [6.45, 7) is 8.35. The van der Waals surface area contributed by atoms with E-state index in [9.17, 15) is 4.39 Å². The predicted molar refractivity (Wildman–Crippen MR) is 97.9 cm³/mol. The summed E-state index contributed by atoms with van der Waals surface area (Å²) in [5, 5.41) is 0.481. The Morgan fingerprint density at radius 3 is 2.16 bits per heavy atom. The fourth-order valence-corrected chi connectivity index (χ4v) is 2.75. The number of benzene rings is 2. The highest BCUT2D eigenvalue weighted by Gasteiger charge is 2.51.